The summed E-state index contributed by atoms with van der Waals surface area (Å²) >= 11 is 0. The van der Waals surface area contributed by atoms with Crippen molar-refractivity contribution in [1.29, 1.82) is 0 Å². The van der Waals surface area contributed by atoms with Gasteiger partial charge in [0.1, 0.15) is 12.1 Å². The minimum Gasteiger partial charge on any atom is -0.342 e. The highest BCUT2D eigenvalue weighted by atomic mass is 16.2. The van der Waals surface area contributed by atoms with E-state index in [1.807, 2.05) is 45.0 Å². The molecule has 0 radical (unpaired) electrons. The third-order valence-electron chi connectivity index (χ3n) is 3.74. The first-order valence-corrected chi connectivity index (χ1v) is 7.28. The van der Waals surface area contributed by atoms with E-state index in [1.54, 1.807) is 4.90 Å². The van der Waals surface area contributed by atoms with E-state index < -0.39 is 12.1 Å². The van der Waals surface area contributed by atoms with Gasteiger partial charge < -0.3 is 5.32 Å². The van der Waals surface area contributed by atoms with Gasteiger partial charge in [-0.15, -0.1) is 0 Å². The summed E-state index contributed by atoms with van der Waals surface area (Å²) in [6.45, 7) is 5.95. The van der Waals surface area contributed by atoms with Crippen LogP contribution in [0.4, 0.5) is 5.69 Å². The number of rotatable bonds is 4. The lowest BCUT2D eigenvalue weighted by Gasteiger charge is -2.38. The highest BCUT2D eigenvalue weighted by molar-refractivity contribution is 6.08. The van der Waals surface area contributed by atoms with Crippen molar-refractivity contribution >= 4 is 17.5 Å². The van der Waals surface area contributed by atoms with E-state index in [9.17, 15) is 9.59 Å². The normalized spacial score (nSPS) is 22.9. The predicted molar refractivity (Wildman–Crippen MR) is 79.6 cm³/mol. The Morgan fingerprint density at radius 3 is 2.35 bits per heavy atom. The first-order chi connectivity index (χ1) is 9.58. The third kappa shape index (κ3) is 2.69. The second-order valence-electron chi connectivity index (χ2n) is 5.32. The number of hydrogen-bond donors (Lipinski definition) is 1. The van der Waals surface area contributed by atoms with Gasteiger partial charge in [-0.05, 0) is 31.9 Å². The van der Waals surface area contributed by atoms with Gasteiger partial charge in [-0.25, -0.2) is 0 Å². The Kier molecular flexibility index (Phi) is 4.42. The minimum atomic E-state index is -0.404. The topological polar surface area (TPSA) is 49.4 Å². The largest absolute Gasteiger partial charge is 0.342 e. The second-order valence-corrected chi connectivity index (χ2v) is 5.32. The summed E-state index contributed by atoms with van der Waals surface area (Å²) in [6, 6.07) is 6.97. The van der Waals surface area contributed by atoms with Gasteiger partial charge >= 0.3 is 0 Å². The third-order valence-corrected chi connectivity index (χ3v) is 3.74. The van der Waals surface area contributed by atoms with Gasteiger partial charge in [-0.1, -0.05) is 38.0 Å². The maximum Gasteiger partial charge on any atom is 0.250 e. The number of aryl methyl sites for hydroxylation is 1. The molecule has 1 aromatic rings. The molecule has 2 atom stereocenters. The molecule has 4 heteroatoms. The quantitative estimate of drug-likeness (QED) is 0.916. The van der Waals surface area contributed by atoms with E-state index in [4.69, 9.17) is 0 Å². The minimum absolute atomic E-state index is 0.00199. The van der Waals surface area contributed by atoms with Gasteiger partial charge in [0.15, 0.2) is 0 Å². The number of nitrogens with zero attached hydrogens (tertiary/aromatic N) is 1. The lowest BCUT2D eigenvalue weighted by molar-refractivity contribution is -0.134. The van der Waals surface area contributed by atoms with Gasteiger partial charge in [0.05, 0.1) is 0 Å². The maximum absolute atomic E-state index is 12.6. The summed E-state index contributed by atoms with van der Waals surface area (Å²) in [6.07, 6.45) is 2.17. The first kappa shape index (κ1) is 14.6. The Hall–Kier alpha value is -1.84. The zero-order valence-corrected chi connectivity index (χ0v) is 12.3. The van der Waals surface area contributed by atoms with E-state index in [0.29, 0.717) is 12.8 Å². The average molecular weight is 274 g/mol. The van der Waals surface area contributed by atoms with Gasteiger partial charge in [0.2, 0.25) is 11.8 Å². The predicted octanol–water partition coefficient (Wildman–Crippen LogP) is 2.41. The fourth-order valence-corrected chi connectivity index (χ4v) is 2.63. The molecule has 2 unspecified atom stereocenters. The zero-order chi connectivity index (χ0) is 14.7. The van der Waals surface area contributed by atoms with Crippen LogP contribution < -0.4 is 10.2 Å². The molecule has 0 saturated carbocycles. The molecule has 1 heterocycles. The Morgan fingerprint density at radius 1 is 1.15 bits per heavy atom. The van der Waals surface area contributed by atoms with E-state index >= 15 is 0 Å². The number of amides is 2. The van der Waals surface area contributed by atoms with E-state index in [2.05, 4.69) is 5.32 Å². The van der Waals surface area contributed by atoms with E-state index in [0.717, 1.165) is 17.7 Å². The van der Waals surface area contributed by atoms with Crippen LogP contribution in [-0.2, 0) is 9.59 Å². The van der Waals surface area contributed by atoms with Crippen LogP contribution in [0.3, 0.4) is 0 Å². The Labute approximate surface area is 120 Å². The van der Waals surface area contributed by atoms with Crippen LogP contribution in [0.1, 0.15) is 38.7 Å². The summed E-state index contributed by atoms with van der Waals surface area (Å²) in [5.41, 5.74) is 1.95. The fraction of sp³-hybridized carbons (Fsp3) is 0.500. The molecule has 2 amide bonds. The molecule has 20 heavy (non-hydrogen) atoms. The Bertz CT molecular complexity index is 496. The molecule has 0 bridgehead atoms. The van der Waals surface area contributed by atoms with Crippen molar-refractivity contribution in [2.75, 3.05) is 4.90 Å². The van der Waals surface area contributed by atoms with E-state index in [-0.39, 0.29) is 11.8 Å². The number of benzene rings is 1. The molecular formula is C16H22N2O2. The average Bonchev–Trinajstić information content (AvgIpc) is 2.43. The number of anilines is 1. The van der Waals surface area contributed by atoms with Crippen molar-refractivity contribution in [2.24, 2.45) is 0 Å². The molecule has 1 aromatic carbocycles. The molecular weight excluding hydrogens is 252 g/mol. The monoisotopic (exact) mass is 274 g/mol. The van der Waals surface area contributed by atoms with Gasteiger partial charge in [0.25, 0.3) is 0 Å². The molecule has 0 spiro atoms. The molecule has 1 N–H and O–H groups in total. The van der Waals surface area contributed by atoms with Crippen LogP contribution in [0.15, 0.2) is 24.3 Å². The number of nitrogens with one attached hydrogen (secondary N) is 1. The number of hydrogen-bond acceptors (Lipinski definition) is 2. The van der Waals surface area contributed by atoms with Gasteiger partial charge in [-0.2, -0.15) is 0 Å². The lowest BCUT2D eigenvalue weighted by Crippen LogP contribution is -2.63. The van der Waals surface area contributed by atoms with Crippen molar-refractivity contribution < 1.29 is 9.59 Å². The second kappa shape index (κ2) is 6.07. The highest BCUT2D eigenvalue weighted by Crippen LogP contribution is 2.24. The van der Waals surface area contributed by atoms with Crippen molar-refractivity contribution in [2.45, 2.75) is 52.1 Å². The van der Waals surface area contributed by atoms with Gasteiger partial charge in [-0.3, -0.25) is 14.5 Å². The first-order valence-electron chi connectivity index (χ1n) is 7.28. The number of piperazine rings is 1. The molecule has 1 aliphatic rings. The summed E-state index contributed by atoms with van der Waals surface area (Å²) in [4.78, 5) is 26.5. The Morgan fingerprint density at radius 2 is 1.80 bits per heavy atom. The molecule has 1 aliphatic heterocycles. The van der Waals surface area contributed by atoms with Crippen LogP contribution in [-0.4, -0.2) is 23.9 Å². The molecule has 0 aliphatic carbocycles. The molecule has 108 valence electrons. The van der Waals surface area contributed by atoms with Crippen molar-refractivity contribution in [3.05, 3.63) is 29.8 Å². The molecule has 0 aromatic heterocycles. The molecule has 2 rings (SSSR count). The van der Waals surface area contributed by atoms with Crippen LogP contribution in [0.25, 0.3) is 0 Å². The summed E-state index contributed by atoms with van der Waals surface area (Å²) < 4.78 is 0. The van der Waals surface area contributed by atoms with Crippen LogP contribution >= 0.6 is 0 Å². The van der Waals surface area contributed by atoms with Crippen LogP contribution in [0, 0.1) is 6.92 Å². The van der Waals surface area contributed by atoms with Crippen molar-refractivity contribution in [3.63, 3.8) is 0 Å². The van der Waals surface area contributed by atoms with Crippen molar-refractivity contribution in [3.8, 4) is 0 Å². The fourth-order valence-electron chi connectivity index (χ4n) is 2.63. The van der Waals surface area contributed by atoms with Crippen LogP contribution in [0.5, 0.6) is 0 Å². The molecule has 1 fully saturated rings. The summed E-state index contributed by atoms with van der Waals surface area (Å²) in [7, 11) is 0. The van der Waals surface area contributed by atoms with Gasteiger partial charge in [0, 0.05) is 5.69 Å². The van der Waals surface area contributed by atoms with Crippen molar-refractivity contribution in [1.82, 2.24) is 5.32 Å². The zero-order valence-electron chi connectivity index (χ0n) is 12.3. The number of carbonyl (C=O) groups is 2. The lowest BCUT2D eigenvalue weighted by atomic mass is 10.0. The summed E-state index contributed by atoms with van der Waals surface area (Å²) in [5, 5.41) is 2.85. The standard InChI is InChI=1S/C16H22N2O2/c1-4-6-13-16(20)18(14(5-2)15(19)17-13)12-9-7-11(3)8-10-12/h7-10,13-14H,4-6H2,1-3H3,(H,17,19). The molecule has 1 saturated heterocycles. The number of carbonyl (C=O) groups excluding carboxylic acids is 2. The van der Waals surface area contributed by atoms with E-state index in [1.165, 1.54) is 0 Å². The summed E-state index contributed by atoms with van der Waals surface area (Å²) in [5.74, 6) is -0.0479. The Balaban J connectivity index is 2.35. The van der Waals surface area contributed by atoms with Crippen LogP contribution in [0.2, 0.25) is 0 Å². The molecule has 4 nitrogen and oxygen atoms in total. The maximum atomic E-state index is 12.6. The SMILES string of the molecule is CCCC1NC(=O)C(CC)N(c2ccc(C)cc2)C1=O. The highest BCUT2D eigenvalue weighted by Gasteiger charge is 2.39. The smallest absolute Gasteiger partial charge is 0.250 e.